The maximum atomic E-state index is 13.5. The third-order valence-corrected chi connectivity index (χ3v) is 7.97. The maximum Gasteiger partial charge on any atom is 0.257 e. The Morgan fingerprint density at radius 2 is 1.77 bits per heavy atom. The number of benzene rings is 2. The van der Waals surface area contributed by atoms with Crippen molar-refractivity contribution in [3.63, 3.8) is 0 Å². The monoisotopic (exact) mass is 592 g/mol. The van der Waals surface area contributed by atoms with Gasteiger partial charge in [-0.15, -0.1) is 0 Å². The fourth-order valence-electron chi connectivity index (χ4n) is 5.34. The Labute approximate surface area is 259 Å². The van der Waals surface area contributed by atoms with Crippen LogP contribution >= 0.6 is 0 Å². The molecule has 1 aliphatic rings. The normalized spacial score (nSPS) is 13.5. The van der Waals surface area contributed by atoms with E-state index in [-0.39, 0.29) is 5.91 Å². The van der Waals surface area contributed by atoms with Crippen LogP contribution in [0.25, 0.3) is 4.85 Å². The van der Waals surface area contributed by atoms with Gasteiger partial charge in [-0.1, -0.05) is 37.1 Å². The minimum absolute atomic E-state index is 0.0306. The summed E-state index contributed by atoms with van der Waals surface area (Å²) in [5.74, 6) is 2.77. The van der Waals surface area contributed by atoms with E-state index in [1.165, 1.54) is 0 Å². The molecule has 0 atom stereocenters. The highest BCUT2D eigenvalue weighted by atomic mass is 16.5. The molecule has 0 N–H and O–H groups in total. The van der Waals surface area contributed by atoms with Gasteiger partial charge in [0.15, 0.2) is 0 Å². The lowest BCUT2D eigenvalue weighted by Crippen LogP contribution is -2.48. The summed E-state index contributed by atoms with van der Waals surface area (Å²) < 4.78 is 14.3. The van der Waals surface area contributed by atoms with Crippen molar-refractivity contribution < 1.29 is 14.3 Å². The number of unbranched alkanes of at least 4 members (excludes halogenated alkanes) is 1. The second-order valence-electron chi connectivity index (χ2n) is 11.3. The summed E-state index contributed by atoms with van der Waals surface area (Å²) in [4.78, 5) is 30.4. The number of nitrogens with zero attached hydrogens (tertiary/aromatic N) is 6. The first kappa shape index (κ1) is 30.8. The molecule has 1 aliphatic heterocycles. The minimum Gasteiger partial charge on any atom is -0.493 e. The van der Waals surface area contributed by atoms with Gasteiger partial charge in [-0.3, -0.25) is 14.7 Å². The fraction of sp³-hybridized carbons (Fsp3) is 0.371. The number of hydrogen-bond donors (Lipinski definition) is 0. The highest BCUT2D eigenvalue weighted by Gasteiger charge is 2.25. The number of piperazine rings is 1. The molecule has 9 nitrogen and oxygen atoms in total. The largest absolute Gasteiger partial charge is 0.493 e. The summed E-state index contributed by atoms with van der Waals surface area (Å²) in [6.45, 7) is 20.4. The van der Waals surface area contributed by atoms with Crippen molar-refractivity contribution in [1.29, 1.82) is 0 Å². The van der Waals surface area contributed by atoms with Crippen molar-refractivity contribution in [1.82, 2.24) is 24.3 Å². The Hall–Kier alpha value is -4.68. The van der Waals surface area contributed by atoms with Gasteiger partial charge in [0, 0.05) is 51.7 Å². The van der Waals surface area contributed by atoms with Crippen molar-refractivity contribution in [2.45, 2.75) is 53.6 Å². The number of aromatic nitrogens is 3. The zero-order valence-electron chi connectivity index (χ0n) is 26.0. The minimum atomic E-state index is 0.0306. The molecule has 0 radical (unpaired) electrons. The number of carbonyl (C=O) groups is 1. The Morgan fingerprint density at radius 3 is 2.52 bits per heavy atom. The number of hydrogen-bond acceptors (Lipinski definition) is 6. The smallest absolute Gasteiger partial charge is 0.257 e. The molecule has 4 aromatic rings. The Bertz CT molecular complexity index is 1650. The summed E-state index contributed by atoms with van der Waals surface area (Å²) in [5, 5.41) is 0. The summed E-state index contributed by atoms with van der Waals surface area (Å²) in [6.07, 6.45) is 5.66. The van der Waals surface area contributed by atoms with Gasteiger partial charge >= 0.3 is 0 Å². The number of amides is 1. The van der Waals surface area contributed by atoms with Crippen LogP contribution < -0.4 is 9.47 Å². The van der Waals surface area contributed by atoms with E-state index in [4.69, 9.17) is 16.0 Å². The average Bonchev–Trinajstić information content (AvgIpc) is 3.37. The molecular weight excluding hydrogens is 552 g/mol. The van der Waals surface area contributed by atoms with Gasteiger partial charge in [0.2, 0.25) is 5.69 Å². The lowest BCUT2D eigenvalue weighted by Gasteiger charge is -2.35. The van der Waals surface area contributed by atoms with Gasteiger partial charge in [-0.2, -0.15) is 0 Å². The van der Waals surface area contributed by atoms with E-state index >= 15 is 0 Å². The third kappa shape index (κ3) is 7.26. The predicted octanol–water partition coefficient (Wildman–Crippen LogP) is 6.73. The zero-order chi connectivity index (χ0) is 31.1. The van der Waals surface area contributed by atoms with Crippen LogP contribution in [-0.4, -0.2) is 63.0 Å². The quantitative estimate of drug-likeness (QED) is 0.142. The molecule has 1 fully saturated rings. The molecule has 44 heavy (non-hydrogen) atoms. The average molecular weight is 593 g/mol. The summed E-state index contributed by atoms with van der Waals surface area (Å²) in [5.41, 5.74) is 5.04. The molecule has 0 unspecified atom stereocenters. The van der Waals surface area contributed by atoms with Crippen LogP contribution in [0.2, 0.25) is 0 Å². The van der Waals surface area contributed by atoms with Crippen LogP contribution in [-0.2, 0) is 13.1 Å². The highest BCUT2D eigenvalue weighted by Crippen LogP contribution is 2.34. The molecule has 1 saturated heterocycles. The Balaban J connectivity index is 1.24. The second kappa shape index (κ2) is 14.2. The summed E-state index contributed by atoms with van der Waals surface area (Å²) in [6, 6.07) is 15.2. The van der Waals surface area contributed by atoms with Crippen LogP contribution in [0.1, 0.15) is 58.5 Å². The second-order valence-corrected chi connectivity index (χ2v) is 11.3. The van der Waals surface area contributed by atoms with Crippen molar-refractivity contribution in [3.05, 3.63) is 106 Å². The molecule has 2 aromatic carbocycles. The molecule has 0 bridgehead atoms. The number of rotatable bonds is 11. The zero-order valence-corrected chi connectivity index (χ0v) is 26.0. The molecule has 2 aromatic heterocycles. The van der Waals surface area contributed by atoms with E-state index in [0.29, 0.717) is 54.7 Å². The van der Waals surface area contributed by atoms with Crippen LogP contribution in [0.15, 0.2) is 60.9 Å². The third-order valence-electron chi connectivity index (χ3n) is 7.97. The van der Waals surface area contributed by atoms with E-state index in [0.717, 1.165) is 60.8 Å². The SMILES string of the molecule is [C-]#[N+]c1ccc(Cn2c(CN3CCN(C(=O)c4cc(C)ccc4OCCCC)CC3)cnc2C)cc1Oc1cccnc1C. The fourth-order valence-corrected chi connectivity index (χ4v) is 5.34. The number of carbonyl (C=O) groups excluding carboxylic acids is 1. The summed E-state index contributed by atoms with van der Waals surface area (Å²) >= 11 is 0. The van der Waals surface area contributed by atoms with E-state index in [9.17, 15) is 4.79 Å². The maximum absolute atomic E-state index is 13.5. The molecule has 0 saturated carbocycles. The van der Waals surface area contributed by atoms with Crippen molar-refractivity contribution in [3.8, 4) is 17.2 Å². The van der Waals surface area contributed by atoms with E-state index in [2.05, 4.69) is 31.2 Å². The lowest BCUT2D eigenvalue weighted by atomic mass is 10.1. The first-order valence-corrected chi connectivity index (χ1v) is 15.2. The molecule has 0 aliphatic carbocycles. The van der Waals surface area contributed by atoms with E-state index < -0.39 is 0 Å². The lowest BCUT2D eigenvalue weighted by molar-refractivity contribution is 0.0621. The van der Waals surface area contributed by atoms with Crippen LogP contribution in [0.3, 0.4) is 0 Å². The molecule has 5 rings (SSSR count). The highest BCUT2D eigenvalue weighted by molar-refractivity contribution is 5.97. The molecular formula is C35H40N6O3. The molecule has 0 spiro atoms. The number of ether oxygens (including phenoxy) is 2. The standard InChI is InChI=1S/C35H40N6O3/c1-6-7-19-43-33-13-10-25(2)20-30(33)35(42)40-17-15-39(16-18-40)24-29-22-38-27(4)41(29)23-28-11-12-31(36-5)34(21-28)44-32-9-8-14-37-26(32)3/h8-14,20-22H,6-7,15-19,23-24H2,1-4H3. The van der Waals surface area contributed by atoms with Gasteiger partial charge in [0.05, 0.1) is 30.1 Å². The topological polar surface area (TPSA) is 77.1 Å². The van der Waals surface area contributed by atoms with Crippen LogP contribution in [0.5, 0.6) is 17.2 Å². The van der Waals surface area contributed by atoms with Crippen LogP contribution in [0.4, 0.5) is 5.69 Å². The van der Waals surface area contributed by atoms with E-state index in [1.54, 1.807) is 12.3 Å². The van der Waals surface area contributed by atoms with Gasteiger partial charge in [0.25, 0.3) is 5.91 Å². The first-order valence-electron chi connectivity index (χ1n) is 15.2. The molecule has 9 heteroatoms. The molecule has 228 valence electrons. The molecule has 1 amide bonds. The van der Waals surface area contributed by atoms with Crippen molar-refractivity contribution >= 4 is 11.6 Å². The van der Waals surface area contributed by atoms with Gasteiger partial charge in [0.1, 0.15) is 23.1 Å². The Kier molecular flexibility index (Phi) is 9.93. The predicted molar refractivity (Wildman–Crippen MR) is 171 cm³/mol. The van der Waals surface area contributed by atoms with Crippen molar-refractivity contribution in [2.75, 3.05) is 32.8 Å². The number of aryl methyl sites for hydroxylation is 3. The molecule has 3 heterocycles. The Morgan fingerprint density at radius 1 is 0.955 bits per heavy atom. The van der Waals surface area contributed by atoms with Crippen LogP contribution in [0, 0.1) is 27.3 Å². The van der Waals surface area contributed by atoms with Gasteiger partial charge < -0.3 is 18.9 Å². The van der Waals surface area contributed by atoms with Gasteiger partial charge in [-0.05, 0) is 63.1 Å². The summed E-state index contributed by atoms with van der Waals surface area (Å²) in [7, 11) is 0. The first-order chi connectivity index (χ1) is 21.4. The van der Waals surface area contributed by atoms with Crippen molar-refractivity contribution in [2.24, 2.45) is 0 Å². The number of pyridine rings is 1. The van der Waals surface area contributed by atoms with E-state index in [1.807, 2.05) is 74.3 Å². The van der Waals surface area contributed by atoms with Gasteiger partial charge in [-0.25, -0.2) is 9.83 Å². The number of imidazole rings is 1.